The number of aliphatic hydroxyl groups is 1. The van der Waals surface area contributed by atoms with Gasteiger partial charge < -0.3 is 24.1 Å². The van der Waals surface area contributed by atoms with Crippen molar-refractivity contribution in [2.24, 2.45) is 0 Å². The Morgan fingerprint density at radius 2 is 1.89 bits per heavy atom. The third-order valence-electron chi connectivity index (χ3n) is 4.90. The molecule has 0 bridgehead atoms. The lowest BCUT2D eigenvalue weighted by atomic mass is 10.0. The molecule has 0 amide bonds. The maximum atomic E-state index is 9.90. The molecular formula is C23H36O5. The van der Waals surface area contributed by atoms with Gasteiger partial charge in [0, 0.05) is 0 Å². The molecule has 1 N–H and O–H groups in total. The van der Waals surface area contributed by atoms with Crippen LogP contribution in [0.4, 0.5) is 0 Å². The molecule has 0 aromatic heterocycles. The first-order chi connectivity index (χ1) is 13.5. The first-order valence-corrected chi connectivity index (χ1v) is 10.3. The lowest BCUT2D eigenvalue weighted by molar-refractivity contribution is -0.164. The molecule has 1 aromatic rings. The summed E-state index contributed by atoms with van der Waals surface area (Å²) in [6, 6.07) is 7.72. The van der Waals surface area contributed by atoms with E-state index in [9.17, 15) is 5.11 Å². The van der Waals surface area contributed by atoms with E-state index >= 15 is 0 Å². The van der Waals surface area contributed by atoms with E-state index in [4.69, 9.17) is 18.9 Å². The summed E-state index contributed by atoms with van der Waals surface area (Å²) < 4.78 is 23.3. The summed E-state index contributed by atoms with van der Waals surface area (Å²) in [6.45, 7) is 6.30. The van der Waals surface area contributed by atoms with Crippen molar-refractivity contribution in [1.82, 2.24) is 0 Å². The van der Waals surface area contributed by atoms with E-state index in [1.807, 2.05) is 38.1 Å². The molecule has 0 saturated carbocycles. The van der Waals surface area contributed by atoms with Crippen LogP contribution in [0.25, 0.3) is 0 Å². The number of ether oxygens (including phenoxy) is 4. The van der Waals surface area contributed by atoms with Gasteiger partial charge in [0.05, 0.1) is 26.4 Å². The van der Waals surface area contributed by atoms with Gasteiger partial charge in [-0.3, -0.25) is 0 Å². The Morgan fingerprint density at radius 3 is 2.54 bits per heavy atom. The molecule has 0 unspecified atom stereocenters. The first kappa shape index (κ1) is 22.9. The molecule has 0 spiro atoms. The zero-order valence-electron chi connectivity index (χ0n) is 17.7. The van der Waals surface area contributed by atoms with Gasteiger partial charge in [0.25, 0.3) is 0 Å². The second-order valence-electron chi connectivity index (χ2n) is 7.72. The second-order valence-corrected chi connectivity index (χ2v) is 7.72. The lowest BCUT2D eigenvalue weighted by Gasteiger charge is -2.25. The van der Waals surface area contributed by atoms with Gasteiger partial charge in [-0.15, -0.1) is 0 Å². The highest BCUT2D eigenvalue weighted by Crippen LogP contribution is 2.33. The quantitative estimate of drug-likeness (QED) is 0.415. The molecule has 158 valence electrons. The van der Waals surface area contributed by atoms with Crippen LogP contribution in [-0.4, -0.2) is 42.9 Å². The van der Waals surface area contributed by atoms with Crippen molar-refractivity contribution in [1.29, 1.82) is 0 Å². The summed E-state index contributed by atoms with van der Waals surface area (Å²) in [4.78, 5) is 0. The number of methoxy groups -OCH3 is 1. The van der Waals surface area contributed by atoms with Gasteiger partial charge in [0.2, 0.25) is 0 Å². The SMILES string of the molecule is CCCCC/C=C\C[C@H]1OC(C)(C)O[C@H]1[C@H](CO)OCc1ccc(OC)cc1. The highest BCUT2D eigenvalue weighted by atomic mass is 16.8. The molecule has 3 atom stereocenters. The molecule has 1 heterocycles. The smallest absolute Gasteiger partial charge is 0.163 e. The van der Waals surface area contributed by atoms with Gasteiger partial charge >= 0.3 is 0 Å². The van der Waals surface area contributed by atoms with Gasteiger partial charge in [-0.05, 0) is 50.8 Å². The molecule has 1 saturated heterocycles. The zero-order valence-corrected chi connectivity index (χ0v) is 17.7. The fourth-order valence-corrected chi connectivity index (χ4v) is 3.40. The Labute approximate surface area is 169 Å². The van der Waals surface area contributed by atoms with Crippen LogP contribution in [0.1, 0.15) is 58.4 Å². The molecule has 1 aromatic carbocycles. The Bertz CT molecular complexity index is 581. The van der Waals surface area contributed by atoms with Crippen molar-refractivity contribution in [2.45, 2.75) is 83.6 Å². The summed E-state index contributed by atoms with van der Waals surface area (Å²) >= 11 is 0. The first-order valence-electron chi connectivity index (χ1n) is 10.3. The Balaban J connectivity index is 1.92. The Kier molecular flexibility index (Phi) is 9.45. The van der Waals surface area contributed by atoms with Gasteiger partial charge in [-0.1, -0.05) is 44.1 Å². The number of hydrogen-bond donors (Lipinski definition) is 1. The monoisotopic (exact) mass is 392 g/mol. The third-order valence-corrected chi connectivity index (χ3v) is 4.90. The maximum absolute atomic E-state index is 9.90. The van der Waals surface area contributed by atoms with Crippen molar-refractivity contribution >= 4 is 0 Å². The van der Waals surface area contributed by atoms with Gasteiger partial charge in [-0.25, -0.2) is 0 Å². The Morgan fingerprint density at radius 1 is 1.14 bits per heavy atom. The summed E-state index contributed by atoms with van der Waals surface area (Å²) in [6.07, 6.45) is 9.04. The molecular weight excluding hydrogens is 356 g/mol. The highest BCUT2D eigenvalue weighted by Gasteiger charge is 2.44. The van der Waals surface area contributed by atoms with Crippen LogP contribution in [-0.2, 0) is 20.8 Å². The minimum absolute atomic E-state index is 0.114. The molecule has 5 nitrogen and oxygen atoms in total. The van der Waals surface area contributed by atoms with E-state index in [0.717, 1.165) is 24.2 Å². The standard InChI is InChI=1S/C23H36O5/c1-5-6-7-8-9-10-11-20-22(28-23(2,3)27-20)21(16-24)26-17-18-12-14-19(25-4)15-13-18/h9-10,12-15,20-22,24H,5-8,11,16-17H2,1-4H3/b10-9-/t20-,21+,22-/m1/s1. The van der Waals surface area contributed by atoms with Crippen LogP contribution < -0.4 is 4.74 Å². The van der Waals surface area contributed by atoms with Gasteiger partial charge in [0.1, 0.15) is 18.0 Å². The van der Waals surface area contributed by atoms with E-state index in [0.29, 0.717) is 6.61 Å². The van der Waals surface area contributed by atoms with E-state index in [1.54, 1.807) is 7.11 Å². The predicted molar refractivity (Wildman–Crippen MR) is 110 cm³/mol. The van der Waals surface area contributed by atoms with Crippen LogP contribution in [0.5, 0.6) is 5.75 Å². The van der Waals surface area contributed by atoms with Crippen molar-refractivity contribution in [3.05, 3.63) is 42.0 Å². The fraction of sp³-hybridized carbons (Fsp3) is 0.652. The number of rotatable bonds is 12. The van der Waals surface area contributed by atoms with Crippen LogP contribution in [0, 0.1) is 0 Å². The topological polar surface area (TPSA) is 57.2 Å². The predicted octanol–water partition coefficient (Wildman–Crippen LogP) is 4.62. The summed E-state index contributed by atoms with van der Waals surface area (Å²) in [5.74, 6) is 0.130. The van der Waals surface area contributed by atoms with Gasteiger partial charge in [0.15, 0.2) is 5.79 Å². The minimum Gasteiger partial charge on any atom is -0.497 e. The maximum Gasteiger partial charge on any atom is 0.163 e. The summed E-state index contributed by atoms with van der Waals surface area (Å²) in [7, 11) is 1.64. The number of unbranched alkanes of at least 4 members (excludes halogenated alkanes) is 3. The molecule has 2 rings (SSSR count). The lowest BCUT2D eigenvalue weighted by Crippen LogP contribution is -2.39. The van der Waals surface area contributed by atoms with Crippen LogP contribution in [0.3, 0.4) is 0 Å². The van der Waals surface area contributed by atoms with E-state index in [2.05, 4.69) is 19.1 Å². The van der Waals surface area contributed by atoms with E-state index < -0.39 is 11.9 Å². The van der Waals surface area contributed by atoms with Gasteiger partial charge in [-0.2, -0.15) is 0 Å². The molecule has 1 aliphatic heterocycles. The molecule has 28 heavy (non-hydrogen) atoms. The number of benzene rings is 1. The van der Waals surface area contributed by atoms with Crippen LogP contribution in [0.15, 0.2) is 36.4 Å². The van der Waals surface area contributed by atoms with Crippen LogP contribution >= 0.6 is 0 Å². The average Bonchev–Trinajstić information content (AvgIpc) is 3.00. The Hall–Kier alpha value is -1.40. The molecule has 0 aliphatic carbocycles. The zero-order chi connectivity index (χ0) is 20.4. The minimum atomic E-state index is -0.678. The van der Waals surface area contributed by atoms with Crippen molar-refractivity contribution in [3.63, 3.8) is 0 Å². The second kappa shape index (κ2) is 11.6. The molecule has 1 aliphatic rings. The molecule has 5 heteroatoms. The van der Waals surface area contributed by atoms with Crippen molar-refractivity contribution in [2.75, 3.05) is 13.7 Å². The largest absolute Gasteiger partial charge is 0.497 e. The van der Waals surface area contributed by atoms with Crippen LogP contribution in [0.2, 0.25) is 0 Å². The average molecular weight is 393 g/mol. The third kappa shape index (κ3) is 7.21. The molecule has 1 fully saturated rings. The van der Waals surface area contributed by atoms with Crippen molar-refractivity contribution in [3.8, 4) is 5.75 Å². The number of aliphatic hydroxyl groups excluding tert-OH is 1. The van der Waals surface area contributed by atoms with Crippen molar-refractivity contribution < 1.29 is 24.1 Å². The highest BCUT2D eigenvalue weighted by molar-refractivity contribution is 5.26. The fourth-order valence-electron chi connectivity index (χ4n) is 3.40. The summed E-state index contributed by atoms with van der Waals surface area (Å²) in [5.41, 5.74) is 1.02. The summed E-state index contributed by atoms with van der Waals surface area (Å²) in [5, 5.41) is 9.90. The number of allylic oxidation sites excluding steroid dienone is 1. The molecule has 0 radical (unpaired) electrons. The van der Waals surface area contributed by atoms with E-state index in [1.165, 1.54) is 19.3 Å². The van der Waals surface area contributed by atoms with E-state index in [-0.39, 0.29) is 18.8 Å². The normalized spacial score (nSPS) is 22.6. The number of hydrogen-bond acceptors (Lipinski definition) is 5.